The lowest BCUT2D eigenvalue weighted by Gasteiger charge is -2.27. The highest BCUT2D eigenvalue weighted by atomic mass is 32.2. The number of carbonyl (C=O) groups excluding carboxylic acids is 2. The Hall–Kier alpha value is -4.23. The summed E-state index contributed by atoms with van der Waals surface area (Å²) < 4.78 is 37.4. The molecule has 2 aromatic carbocycles. The van der Waals surface area contributed by atoms with Gasteiger partial charge >= 0.3 is 6.09 Å². The molecule has 0 fully saturated rings. The number of nitrogens with two attached hydrogens (primary N) is 1. The van der Waals surface area contributed by atoms with E-state index in [2.05, 4.69) is 20.6 Å². The number of carbonyl (C=O) groups is 2. The molecule has 3 heterocycles. The van der Waals surface area contributed by atoms with Gasteiger partial charge in [-0.3, -0.25) is 4.79 Å². The van der Waals surface area contributed by atoms with Gasteiger partial charge in [0.15, 0.2) is 21.3 Å². The van der Waals surface area contributed by atoms with Crippen molar-refractivity contribution in [3.05, 3.63) is 59.9 Å². The number of amides is 2. The number of ether oxygens (including phenoxy) is 2. The third-order valence-corrected chi connectivity index (χ3v) is 10.3. The molecule has 0 aliphatic carbocycles. The molecule has 0 saturated heterocycles. The van der Waals surface area contributed by atoms with Crippen LogP contribution in [0.25, 0.3) is 11.3 Å². The SMILES string of the molecule is CC(C)(C)OC(=O)NCc1cccc2c1OCCCCCC[C@@H](O)CC(C)(C)S(=O)(=O)c1ccc(cc1)-c1cnc(N)c(n1)C(=O)N2. The van der Waals surface area contributed by atoms with Crippen LogP contribution in [0, 0.1) is 0 Å². The number of anilines is 2. The predicted octanol–water partition coefficient (Wildman–Crippen LogP) is 5.65. The Kier molecular flexibility index (Phi) is 11.1. The molecule has 0 spiro atoms. The van der Waals surface area contributed by atoms with Gasteiger partial charge in [-0.25, -0.2) is 23.2 Å². The van der Waals surface area contributed by atoms with Gasteiger partial charge < -0.3 is 30.9 Å². The molecule has 0 radical (unpaired) electrons. The maximum atomic E-state index is 13.5. The Morgan fingerprint density at radius 1 is 1.13 bits per heavy atom. The normalized spacial score (nSPS) is 18.8. The van der Waals surface area contributed by atoms with Crippen molar-refractivity contribution in [2.45, 2.75) is 101 Å². The number of aliphatic hydroxyl groups is 1. The Morgan fingerprint density at radius 2 is 1.83 bits per heavy atom. The minimum Gasteiger partial charge on any atom is -0.491 e. The fourth-order valence-corrected chi connectivity index (χ4v) is 6.82. The lowest BCUT2D eigenvalue weighted by Crippen LogP contribution is -2.36. The number of hydrogen-bond donors (Lipinski definition) is 4. The standard InChI is InChI=1S/C34H45N5O7S/c1-33(2,3)46-32(42)37-20-23-11-10-13-26-29(23)45-18-9-7-6-8-12-24(40)19-34(4,5)47(43,44)25-16-14-22(15-17-25)27-21-36-30(35)28(38-27)31(41)39-26/h10-11,13-17,21,24,40H,6-9,12,18-20H2,1-5H3,(H2,35,36)(H,37,42)(H,39,41)/t24-/m1/s1. The van der Waals surface area contributed by atoms with Gasteiger partial charge in [-0.1, -0.05) is 43.5 Å². The molecule has 0 unspecified atom stereocenters. The zero-order valence-electron chi connectivity index (χ0n) is 27.6. The number of aliphatic hydroxyl groups excluding tert-OH is 1. The average Bonchev–Trinajstić information content (AvgIpc) is 2.99. The summed E-state index contributed by atoms with van der Waals surface area (Å²) in [7, 11) is -3.78. The van der Waals surface area contributed by atoms with Crippen LogP contribution < -0.4 is 21.1 Å². The molecule has 1 atom stereocenters. The van der Waals surface area contributed by atoms with Gasteiger partial charge in [0, 0.05) is 17.7 Å². The van der Waals surface area contributed by atoms with E-state index in [1.165, 1.54) is 18.3 Å². The number of alkyl carbamates (subject to hydrolysis) is 1. The summed E-state index contributed by atoms with van der Waals surface area (Å²) in [6, 6.07) is 11.4. The second-order valence-electron chi connectivity index (χ2n) is 13.3. The molecule has 5 rings (SSSR count). The van der Waals surface area contributed by atoms with E-state index in [0.29, 0.717) is 47.7 Å². The number of sulfone groups is 1. The van der Waals surface area contributed by atoms with Crippen LogP contribution in [-0.4, -0.2) is 58.6 Å². The minimum absolute atomic E-state index is 0.0886. The molecule has 0 saturated carbocycles. The highest BCUT2D eigenvalue weighted by molar-refractivity contribution is 7.92. The van der Waals surface area contributed by atoms with Crippen LogP contribution in [0.3, 0.4) is 0 Å². The fraction of sp³-hybridized carbons (Fsp3) is 0.471. The molecule has 5 N–H and O–H groups in total. The third-order valence-electron chi connectivity index (χ3n) is 7.78. The van der Waals surface area contributed by atoms with Crippen molar-refractivity contribution in [3.63, 3.8) is 0 Å². The second-order valence-corrected chi connectivity index (χ2v) is 15.9. The van der Waals surface area contributed by atoms with Crippen LogP contribution in [0.4, 0.5) is 16.3 Å². The molecule has 2 amide bonds. The molecule has 4 bridgehead atoms. The van der Waals surface area contributed by atoms with E-state index in [9.17, 15) is 23.1 Å². The maximum Gasteiger partial charge on any atom is 0.407 e. The number of para-hydroxylation sites is 1. The van der Waals surface area contributed by atoms with Crippen LogP contribution in [-0.2, 0) is 21.1 Å². The maximum absolute atomic E-state index is 13.5. The Morgan fingerprint density at radius 3 is 2.53 bits per heavy atom. The number of hydrogen-bond acceptors (Lipinski definition) is 10. The smallest absolute Gasteiger partial charge is 0.407 e. The van der Waals surface area contributed by atoms with E-state index in [0.717, 1.165) is 19.3 Å². The monoisotopic (exact) mass is 667 g/mol. The molecule has 1 aromatic heterocycles. The van der Waals surface area contributed by atoms with E-state index in [1.54, 1.807) is 65.0 Å². The summed E-state index contributed by atoms with van der Waals surface area (Å²) in [6.45, 7) is 8.99. The molecule has 2 aliphatic rings. The summed E-state index contributed by atoms with van der Waals surface area (Å²) in [6.07, 6.45) is 3.66. The van der Waals surface area contributed by atoms with Gasteiger partial charge in [0.05, 0.1) is 39.9 Å². The third kappa shape index (κ3) is 9.19. The largest absolute Gasteiger partial charge is 0.491 e. The van der Waals surface area contributed by atoms with Crippen LogP contribution in [0.15, 0.2) is 53.6 Å². The Balaban J connectivity index is 1.68. The van der Waals surface area contributed by atoms with E-state index >= 15 is 0 Å². The Labute approximate surface area is 276 Å². The molecule has 47 heavy (non-hydrogen) atoms. The number of nitrogens with one attached hydrogen (secondary N) is 2. The van der Waals surface area contributed by atoms with Crippen molar-refractivity contribution >= 4 is 33.3 Å². The second kappa shape index (κ2) is 14.7. The number of aromatic nitrogens is 2. The number of nitrogen functional groups attached to an aromatic ring is 1. The molecular formula is C34H45N5O7S. The van der Waals surface area contributed by atoms with Crippen LogP contribution in [0.2, 0.25) is 0 Å². The highest BCUT2D eigenvalue weighted by Gasteiger charge is 2.37. The zero-order valence-corrected chi connectivity index (χ0v) is 28.4. The number of fused-ring (bicyclic) bond motifs is 13. The lowest BCUT2D eigenvalue weighted by atomic mass is 10.00. The summed E-state index contributed by atoms with van der Waals surface area (Å²) >= 11 is 0. The molecule has 13 heteroatoms. The first-order valence-corrected chi connectivity index (χ1v) is 17.2. The van der Waals surface area contributed by atoms with Gasteiger partial charge in [-0.2, -0.15) is 0 Å². The molecule has 12 nitrogen and oxygen atoms in total. The first kappa shape index (κ1) is 35.6. The van der Waals surface area contributed by atoms with E-state index in [-0.39, 0.29) is 29.4 Å². The number of nitrogens with zero attached hydrogens (tertiary/aromatic N) is 2. The van der Waals surface area contributed by atoms with Crippen molar-refractivity contribution in [1.82, 2.24) is 15.3 Å². The zero-order chi connectivity index (χ0) is 34.4. The van der Waals surface area contributed by atoms with Crippen LogP contribution >= 0.6 is 0 Å². The molecule has 3 aromatic rings. The molecule has 254 valence electrons. The summed E-state index contributed by atoms with van der Waals surface area (Å²) in [5, 5.41) is 16.3. The highest BCUT2D eigenvalue weighted by Crippen LogP contribution is 2.33. The van der Waals surface area contributed by atoms with Gasteiger partial charge in [-0.05, 0) is 72.1 Å². The summed E-state index contributed by atoms with van der Waals surface area (Å²) in [5.74, 6) is -0.331. The predicted molar refractivity (Wildman–Crippen MR) is 180 cm³/mol. The molecule has 2 aliphatic heterocycles. The van der Waals surface area contributed by atoms with Crippen molar-refractivity contribution in [2.75, 3.05) is 17.7 Å². The van der Waals surface area contributed by atoms with Crippen molar-refractivity contribution in [2.24, 2.45) is 0 Å². The van der Waals surface area contributed by atoms with Crippen molar-refractivity contribution < 1.29 is 32.6 Å². The Bertz CT molecular complexity index is 1690. The van der Waals surface area contributed by atoms with Gasteiger partial charge in [0.25, 0.3) is 5.91 Å². The average molecular weight is 668 g/mol. The first-order chi connectivity index (χ1) is 22.1. The van der Waals surface area contributed by atoms with Crippen molar-refractivity contribution in [3.8, 4) is 17.0 Å². The van der Waals surface area contributed by atoms with Crippen molar-refractivity contribution in [1.29, 1.82) is 0 Å². The summed E-state index contributed by atoms with van der Waals surface area (Å²) in [5.41, 5.74) is 7.11. The first-order valence-electron chi connectivity index (χ1n) is 15.8. The topological polar surface area (TPSA) is 183 Å². The van der Waals surface area contributed by atoms with Gasteiger partial charge in [0.1, 0.15) is 11.4 Å². The van der Waals surface area contributed by atoms with Gasteiger partial charge in [0.2, 0.25) is 0 Å². The number of benzene rings is 2. The van der Waals surface area contributed by atoms with E-state index < -0.39 is 38.3 Å². The van der Waals surface area contributed by atoms with E-state index in [4.69, 9.17) is 15.2 Å². The quantitative estimate of drug-likeness (QED) is 0.266. The summed E-state index contributed by atoms with van der Waals surface area (Å²) in [4.78, 5) is 34.7. The fourth-order valence-electron chi connectivity index (χ4n) is 5.27. The molecular weight excluding hydrogens is 622 g/mol. The van der Waals surface area contributed by atoms with Crippen LogP contribution in [0.1, 0.15) is 89.2 Å². The number of rotatable bonds is 2. The van der Waals surface area contributed by atoms with E-state index in [1.807, 2.05) is 0 Å². The van der Waals surface area contributed by atoms with Crippen LogP contribution in [0.5, 0.6) is 5.75 Å². The minimum atomic E-state index is -3.78. The van der Waals surface area contributed by atoms with Gasteiger partial charge in [-0.15, -0.1) is 0 Å². The lowest BCUT2D eigenvalue weighted by molar-refractivity contribution is 0.0523.